The van der Waals surface area contributed by atoms with Crippen molar-refractivity contribution in [3.63, 3.8) is 0 Å². The van der Waals surface area contributed by atoms with Crippen LogP contribution < -0.4 is 0 Å². The highest BCUT2D eigenvalue weighted by Crippen LogP contribution is 2.41. The molecule has 0 bridgehead atoms. The summed E-state index contributed by atoms with van der Waals surface area (Å²) in [6.07, 6.45) is 0. The molecule has 0 radical (unpaired) electrons. The van der Waals surface area contributed by atoms with E-state index < -0.39 is 0 Å². The van der Waals surface area contributed by atoms with Gasteiger partial charge in [0.05, 0.1) is 8.95 Å². The van der Waals surface area contributed by atoms with Crippen LogP contribution in [0.2, 0.25) is 0 Å². The quantitative estimate of drug-likeness (QED) is 0.349. The minimum absolute atomic E-state index is 0.855. The van der Waals surface area contributed by atoms with Crippen LogP contribution >= 0.6 is 63.7 Å². The summed E-state index contributed by atoms with van der Waals surface area (Å²) >= 11 is 14.0. The van der Waals surface area contributed by atoms with Crippen molar-refractivity contribution in [3.05, 3.63) is 42.2 Å². The zero-order valence-corrected chi connectivity index (χ0v) is 14.6. The third kappa shape index (κ3) is 1.82. The van der Waals surface area contributed by atoms with E-state index in [0.29, 0.717) is 0 Å². The summed E-state index contributed by atoms with van der Waals surface area (Å²) < 4.78 is 9.77. The molecule has 1 heterocycles. The van der Waals surface area contributed by atoms with Gasteiger partial charge in [-0.25, -0.2) is 0 Å². The molecule has 0 aliphatic carbocycles. The molecular weight excluding hydrogens is 480 g/mol. The monoisotopic (exact) mass is 480 g/mol. The number of hydrogen-bond acceptors (Lipinski definition) is 1. The van der Waals surface area contributed by atoms with Crippen LogP contribution in [0.25, 0.3) is 21.9 Å². The van der Waals surface area contributed by atoms with Crippen molar-refractivity contribution in [2.45, 2.75) is 0 Å². The van der Waals surface area contributed by atoms with Gasteiger partial charge >= 0.3 is 0 Å². The standard InChI is InChI=1S/C12H4Br4O/c13-7-3-1-5-6-2-4-8(14)10(16)12(6)17-11(5)9(7)15/h1-4H. The van der Waals surface area contributed by atoms with Crippen LogP contribution in [0.15, 0.2) is 46.6 Å². The van der Waals surface area contributed by atoms with Crippen molar-refractivity contribution in [1.29, 1.82) is 0 Å². The largest absolute Gasteiger partial charge is 0.454 e. The average molecular weight is 484 g/mol. The Kier molecular flexibility index (Phi) is 3.14. The van der Waals surface area contributed by atoms with Crippen LogP contribution in [0.4, 0.5) is 0 Å². The van der Waals surface area contributed by atoms with Crippen LogP contribution in [-0.2, 0) is 0 Å². The van der Waals surface area contributed by atoms with Crippen LogP contribution in [-0.4, -0.2) is 0 Å². The van der Waals surface area contributed by atoms with Crippen molar-refractivity contribution in [1.82, 2.24) is 0 Å². The molecule has 1 aromatic heterocycles. The average Bonchev–Trinajstić information content (AvgIpc) is 2.69. The number of benzene rings is 2. The van der Waals surface area contributed by atoms with E-state index in [2.05, 4.69) is 75.9 Å². The van der Waals surface area contributed by atoms with Gasteiger partial charge in [-0.3, -0.25) is 0 Å². The third-order valence-electron chi connectivity index (χ3n) is 2.59. The van der Waals surface area contributed by atoms with Gasteiger partial charge in [-0.15, -0.1) is 0 Å². The molecule has 86 valence electrons. The van der Waals surface area contributed by atoms with Crippen LogP contribution in [0.3, 0.4) is 0 Å². The molecule has 0 saturated carbocycles. The van der Waals surface area contributed by atoms with Crippen molar-refractivity contribution in [2.24, 2.45) is 0 Å². The Morgan fingerprint density at radius 3 is 1.47 bits per heavy atom. The summed E-state index contributed by atoms with van der Waals surface area (Å²) in [5, 5.41) is 2.20. The van der Waals surface area contributed by atoms with Crippen LogP contribution in [0, 0.1) is 0 Å². The highest BCUT2D eigenvalue weighted by molar-refractivity contribution is 9.13. The molecule has 17 heavy (non-hydrogen) atoms. The Morgan fingerprint density at radius 2 is 1.06 bits per heavy atom. The van der Waals surface area contributed by atoms with E-state index in [-0.39, 0.29) is 0 Å². The van der Waals surface area contributed by atoms with E-state index in [0.717, 1.165) is 39.8 Å². The first-order valence-electron chi connectivity index (χ1n) is 4.74. The lowest BCUT2D eigenvalue weighted by atomic mass is 10.1. The molecule has 0 fully saturated rings. The van der Waals surface area contributed by atoms with Gasteiger partial charge in [0.15, 0.2) is 11.2 Å². The predicted octanol–water partition coefficient (Wildman–Crippen LogP) is 6.64. The number of furan rings is 1. The summed E-state index contributed by atoms with van der Waals surface area (Å²) in [6.45, 7) is 0. The minimum atomic E-state index is 0.855. The van der Waals surface area contributed by atoms with E-state index in [4.69, 9.17) is 4.42 Å². The fourth-order valence-corrected chi connectivity index (χ4v) is 3.27. The number of halogens is 4. The third-order valence-corrected chi connectivity index (χ3v) is 6.55. The molecule has 0 amide bonds. The Labute approximate surface area is 131 Å². The zero-order chi connectivity index (χ0) is 12.2. The van der Waals surface area contributed by atoms with Gasteiger partial charge in [-0.2, -0.15) is 0 Å². The first-order valence-corrected chi connectivity index (χ1v) is 7.91. The Bertz CT molecular complexity index is 683. The van der Waals surface area contributed by atoms with Gasteiger partial charge in [-0.05, 0) is 88.0 Å². The van der Waals surface area contributed by atoms with E-state index in [1.54, 1.807) is 0 Å². The van der Waals surface area contributed by atoms with E-state index >= 15 is 0 Å². The summed E-state index contributed by atoms with van der Waals surface area (Å²) in [4.78, 5) is 0. The molecule has 0 atom stereocenters. The van der Waals surface area contributed by atoms with Crippen molar-refractivity contribution < 1.29 is 4.42 Å². The molecule has 0 saturated heterocycles. The summed E-state index contributed by atoms with van der Waals surface area (Å²) in [5.74, 6) is 0. The highest BCUT2D eigenvalue weighted by atomic mass is 79.9. The Morgan fingerprint density at radius 1 is 0.647 bits per heavy atom. The molecule has 0 spiro atoms. The first-order chi connectivity index (χ1) is 8.09. The number of hydrogen-bond donors (Lipinski definition) is 0. The maximum atomic E-state index is 5.92. The second-order valence-electron chi connectivity index (χ2n) is 3.58. The smallest absolute Gasteiger partial charge is 0.150 e. The molecule has 0 unspecified atom stereocenters. The highest BCUT2D eigenvalue weighted by Gasteiger charge is 2.14. The summed E-state index contributed by atoms with van der Waals surface area (Å²) in [6, 6.07) is 8.13. The number of fused-ring (bicyclic) bond motifs is 3. The molecular formula is C12H4Br4O. The molecule has 0 aliphatic rings. The van der Waals surface area contributed by atoms with E-state index in [1.165, 1.54) is 0 Å². The predicted molar refractivity (Wildman–Crippen MR) is 84.5 cm³/mol. The lowest BCUT2D eigenvalue weighted by Crippen LogP contribution is -1.71. The second kappa shape index (κ2) is 4.37. The van der Waals surface area contributed by atoms with Gasteiger partial charge in [0, 0.05) is 19.7 Å². The van der Waals surface area contributed by atoms with Gasteiger partial charge < -0.3 is 4.42 Å². The summed E-state index contributed by atoms with van der Waals surface area (Å²) in [7, 11) is 0. The van der Waals surface area contributed by atoms with Crippen molar-refractivity contribution in [3.8, 4) is 0 Å². The van der Waals surface area contributed by atoms with Gasteiger partial charge in [0.25, 0.3) is 0 Å². The molecule has 3 rings (SSSR count). The topological polar surface area (TPSA) is 13.1 Å². The maximum absolute atomic E-state index is 5.92. The van der Waals surface area contributed by atoms with Crippen molar-refractivity contribution in [2.75, 3.05) is 0 Å². The van der Waals surface area contributed by atoms with Crippen LogP contribution in [0.5, 0.6) is 0 Å². The second-order valence-corrected chi connectivity index (χ2v) is 6.87. The van der Waals surface area contributed by atoms with Crippen LogP contribution in [0.1, 0.15) is 0 Å². The lowest BCUT2D eigenvalue weighted by molar-refractivity contribution is 0.664. The molecule has 1 nitrogen and oxygen atoms in total. The Balaban J connectivity index is 2.58. The molecule has 0 aliphatic heterocycles. The Hall–Kier alpha value is 0.160. The lowest BCUT2D eigenvalue weighted by Gasteiger charge is -1.95. The molecule has 0 N–H and O–H groups in total. The number of rotatable bonds is 0. The maximum Gasteiger partial charge on any atom is 0.150 e. The fourth-order valence-electron chi connectivity index (χ4n) is 1.79. The van der Waals surface area contributed by atoms with Gasteiger partial charge in [0.2, 0.25) is 0 Å². The fraction of sp³-hybridized carbons (Fsp3) is 0. The van der Waals surface area contributed by atoms with Gasteiger partial charge in [-0.1, -0.05) is 0 Å². The molecule has 2 aromatic carbocycles. The minimum Gasteiger partial charge on any atom is -0.454 e. The molecule has 5 heteroatoms. The summed E-state index contributed by atoms with van der Waals surface area (Å²) in [5.41, 5.74) is 1.71. The zero-order valence-electron chi connectivity index (χ0n) is 8.23. The SMILES string of the molecule is Brc1ccc2c(oc3c(Br)c(Br)ccc32)c1Br. The van der Waals surface area contributed by atoms with Gasteiger partial charge in [0.1, 0.15) is 0 Å². The molecule has 3 aromatic rings. The van der Waals surface area contributed by atoms with Crippen molar-refractivity contribution >= 4 is 85.7 Å². The normalized spacial score (nSPS) is 11.5. The van der Waals surface area contributed by atoms with E-state index in [9.17, 15) is 0 Å². The first kappa shape index (κ1) is 12.2. The van der Waals surface area contributed by atoms with E-state index in [1.807, 2.05) is 12.1 Å².